The SMILES string of the molecule is Cc1ccc(CN2CCN(N=Cc3ccc(Cl)c(Cl)c3)CC2)cc1. The number of hydrogen-bond acceptors (Lipinski definition) is 3. The Morgan fingerprint density at radius 1 is 0.958 bits per heavy atom. The summed E-state index contributed by atoms with van der Waals surface area (Å²) in [7, 11) is 0. The number of aryl methyl sites for hydroxylation is 1. The minimum absolute atomic E-state index is 0.559. The van der Waals surface area contributed by atoms with Crippen molar-refractivity contribution in [1.82, 2.24) is 9.91 Å². The van der Waals surface area contributed by atoms with Gasteiger partial charge in [-0.2, -0.15) is 5.10 Å². The summed E-state index contributed by atoms with van der Waals surface area (Å²) in [6.45, 7) is 7.03. The van der Waals surface area contributed by atoms with Crippen molar-refractivity contribution in [3.8, 4) is 0 Å². The summed E-state index contributed by atoms with van der Waals surface area (Å²) >= 11 is 12.0. The van der Waals surface area contributed by atoms with Crippen molar-refractivity contribution in [2.75, 3.05) is 26.2 Å². The molecule has 126 valence electrons. The van der Waals surface area contributed by atoms with Crippen molar-refractivity contribution in [2.24, 2.45) is 5.10 Å². The van der Waals surface area contributed by atoms with E-state index in [1.807, 2.05) is 18.3 Å². The van der Waals surface area contributed by atoms with Crippen LogP contribution in [0.4, 0.5) is 0 Å². The third-order valence-electron chi connectivity index (χ3n) is 4.19. The minimum Gasteiger partial charge on any atom is -0.295 e. The molecule has 0 unspecified atom stereocenters. The van der Waals surface area contributed by atoms with Crippen LogP contribution in [0.3, 0.4) is 0 Å². The highest BCUT2D eigenvalue weighted by Crippen LogP contribution is 2.21. The van der Waals surface area contributed by atoms with E-state index in [4.69, 9.17) is 23.2 Å². The van der Waals surface area contributed by atoms with Crippen LogP contribution in [-0.4, -0.2) is 42.3 Å². The van der Waals surface area contributed by atoms with Crippen LogP contribution in [0, 0.1) is 6.92 Å². The number of hydrazone groups is 1. The molecular formula is C19H21Cl2N3. The molecule has 0 aromatic heterocycles. The zero-order valence-electron chi connectivity index (χ0n) is 13.8. The van der Waals surface area contributed by atoms with E-state index < -0.39 is 0 Å². The average molecular weight is 362 g/mol. The molecule has 1 saturated heterocycles. The second-order valence-electron chi connectivity index (χ2n) is 6.13. The zero-order valence-corrected chi connectivity index (χ0v) is 15.3. The fourth-order valence-electron chi connectivity index (χ4n) is 2.70. The molecule has 24 heavy (non-hydrogen) atoms. The molecule has 1 heterocycles. The van der Waals surface area contributed by atoms with Crippen molar-refractivity contribution in [1.29, 1.82) is 0 Å². The summed E-state index contributed by atoms with van der Waals surface area (Å²) in [5, 5.41) is 7.79. The van der Waals surface area contributed by atoms with Crippen LogP contribution in [0.2, 0.25) is 10.0 Å². The van der Waals surface area contributed by atoms with Gasteiger partial charge in [-0.1, -0.05) is 59.1 Å². The number of hydrogen-bond donors (Lipinski definition) is 0. The fourth-order valence-corrected chi connectivity index (χ4v) is 3.01. The predicted molar refractivity (Wildman–Crippen MR) is 102 cm³/mol. The third-order valence-corrected chi connectivity index (χ3v) is 4.93. The normalized spacial score (nSPS) is 16.0. The minimum atomic E-state index is 0.559. The lowest BCUT2D eigenvalue weighted by molar-refractivity contribution is 0.131. The summed E-state index contributed by atoms with van der Waals surface area (Å²) in [5.41, 5.74) is 3.64. The first-order chi connectivity index (χ1) is 11.6. The van der Waals surface area contributed by atoms with E-state index in [-0.39, 0.29) is 0 Å². The largest absolute Gasteiger partial charge is 0.295 e. The lowest BCUT2D eigenvalue weighted by Gasteiger charge is -2.33. The molecule has 0 N–H and O–H groups in total. The molecule has 0 bridgehead atoms. The van der Waals surface area contributed by atoms with Crippen LogP contribution in [0.5, 0.6) is 0 Å². The number of piperazine rings is 1. The van der Waals surface area contributed by atoms with Gasteiger partial charge < -0.3 is 0 Å². The highest BCUT2D eigenvalue weighted by molar-refractivity contribution is 6.42. The lowest BCUT2D eigenvalue weighted by Crippen LogP contribution is -2.43. The maximum Gasteiger partial charge on any atom is 0.0598 e. The summed E-state index contributed by atoms with van der Waals surface area (Å²) in [6.07, 6.45) is 1.85. The number of halogens is 2. The van der Waals surface area contributed by atoms with Gasteiger partial charge in [0.15, 0.2) is 0 Å². The van der Waals surface area contributed by atoms with Crippen LogP contribution in [0.15, 0.2) is 47.6 Å². The third kappa shape index (κ3) is 4.73. The van der Waals surface area contributed by atoms with E-state index >= 15 is 0 Å². The van der Waals surface area contributed by atoms with Crippen LogP contribution >= 0.6 is 23.2 Å². The Morgan fingerprint density at radius 3 is 2.33 bits per heavy atom. The van der Waals surface area contributed by atoms with E-state index in [1.54, 1.807) is 6.07 Å². The summed E-state index contributed by atoms with van der Waals surface area (Å²) in [6, 6.07) is 14.3. The molecule has 3 rings (SSSR count). The van der Waals surface area contributed by atoms with Gasteiger partial charge in [-0.15, -0.1) is 0 Å². The first-order valence-corrected chi connectivity index (χ1v) is 8.87. The molecule has 2 aromatic carbocycles. The van der Waals surface area contributed by atoms with Crippen molar-refractivity contribution < 1.29 is 0 Å². The smallest absolute Gasteiger partial charge is 0.0598 e. The second kappa shape index (κ2) is 8.02. The van der Waals surface area contributed by atoms with Crippen LogP contribution in [-0.2, 0) is 6.54 Å². The van der Waals surface area contributed by atoms with Crippen molar-refractivity contribution in [3.05, 3.63) is 69.2 Å². The highest BCUT2D eigenvalue weighted by Gasteiger charge is 2.15. The van der Waals surface area contributed by atoms with Gasteiger partial charge in [0.05, 0.1) is 16.3 Å². The van der Waals surface area contributed by atoms with Gasteiger partial charge in [0.2, 0.25) is 0 Å². The van der Waals surface area contributed by atoms with Gasteiger partial charge in [-0.3, -0.25) is 9.91 Å². The first-order valence-electron chi connectivity index (χ1n) is 8.12. The van der Waals surface area contributed by atoms with Crippen LogP contribution < -0.4 is 0 Å². The fraction of sp³-hybridized carbons (Fsp3) is 0.316. The van der Waals surface area contributed by atoms with E-state index in [0.717, 1.165) is 38.3 Å². The Bertz CT molecular complexity index is 705. The van der Waals surface area contributed by atoms with Gasteiger partial charge in [0.1, 0.15) is 0 Å². The molecule has 0 radical (unpaired) electrons. The summed E-state index contributed by atoms with van der Waals surface area (Å²) < 4.78 is 0. The number of rotatable bonds is 4. The Labute approximate surface area is 153 Å². The van der Waals surface area contributed by atoms with Gasteiger partial charge in [-0.25, -0.2) is 0 Å². The van der Waals surface area contributed by atoms with Crippen molar-refractivity contribution in [3.63, 3.8) is 0 Å². The zero-order chi connectivity index (χ0) is 16.9. The van der Waals surface area contributed by atoms with E-state index in [9.17, 15) is 0 Å². The molecule has 0 aliphatic carbocycles. The predicted octanol–water partition coefficient (Wildman–Crippen LogP) is 4.45. The molecule has 1 fully saturated rings. The monoisotopic (exact) mass is 361 g/mol. The Hall–Kier alpha value is -1.55. The van der Waals surface area contributed by atoms with Gasteiger partial charge in [-0.05, 0) is 30.2 Å². The Kier molecular flexibility index (Phi) is 5.77. The van der Waals surface area contributed by atoms with Crippen molar-refractivity contribution >= 4 is 29.4 Å². The number of benzene rings is 2. The molecule has 3 nitrogen and oxygen atoms in total. The summed E-state index contributed by atoms with van der Waals surface area (Å²) in [5.74, 6) is 0. The molecule has 0 spiro atoms. The standard InChI is InChI=1S/C19H21Cl2N3/c1-15-2-4-16(5-3-15)14-23-8-10-24(11-9-23)22-13-17-6-7-18(20)19(21)12-17/h2-7,12-13H,8-11,14H2,1H3. The van der Waals surface area contributed by atoms with Crippen LogP contribution in [0.1, 0.15) is 16.7 Å². The maximum atomic E-state index is 6.03. The molecule has 0 saturated carbocycles. The van der Waals surface area contributed by atoms with Gasteiger partial charge in [0, 0.05) is 32.7 Å². The van der Waals surface area contributed by atoms with Crippen LogP contribution in [0.25, 0.3) is 0 Å². The highest BCUT2D eigenvalue weighted by atomic mass is 35.5. The van der Waals surface area contributed by atoms with E-state index in [0.29, 0.717) is 10.0 Å². The van der Waals surface area contributed by atoms with E-state index in [2.05, 4.69) is 46.2 Å². The molecule has 5 heteroatoms. The van der Waals surface area contributed by atoms with E-state index in [1.165, 1.54) is 11.1 Å². The molecule has 0 amide bonds. The molecule has 1 aliphatic heterocycles. The second-order valence-corrected chi connectivity index (χ2v) is 6.95. The van der Waals surface area contributed by atoms with Gasteiger partial charge >= 0.3 is 0 Å². The van der Waals surface area contributed by atoms with Crippen molar-refractivity contribution in [2.45, 2.75) is 13.5 Å². The maximum absolute atomic E-state index is 6.03. The quantitative estimate of drug-likeness (QED) is 0.749. The molecule has 2 aromatic rings. The summed E-state index contributed by atoms with van der Waals surface area (Å²) in [4.78, 5) is 2.47. The Morgan fingerprint density at radius 2 is 1.67 bits per heavy atom. The topological polar surface area (TPSA) is 18.8 Å². The first kappa shape index (κ1) is 17.3. The Balaban J connectivity index is 1.50. The molecule has 1 aliphatic rings. The van der Waals surface area contributed by atoms with Gasteiger partial charge in [0.25, 0.3) is 0 Å². The number of nitrogens with zero attached hydrogens (tertiary/aromatic N) is 3. The lowest BCUT2D eigenvalue weighted by atomic mass is 10.1. The molecular weight excluding hydrogens is 341 g/mol. The average Bonchev–Trinajstić information content (AvgIpc) is 2.59. The molecule has 0 atom stereocenters.